The van der Waals surface area contributed by atoms with Gasteiger partial charge in [0.25, 0.3) is 0 Å². The van der Waals surface area contributed by atoms with Gasteiger partial charge in [0, 0.05) is 60.0 Å². The summed E-state index contributed by atoms with van der Waals surface area (Å²) in [6, 6.07) is 5.84. The maximum Gasteiger partial charge on any atom is 0.196 e. The Balaban J connectivity index is 1.40. The molecule has 0 bridgehead atoms. The van der Waals surface area contributed by atoms with Crippen LogP contribution in [-0.4, -0.2) is 50.1 Å². The van der Waals surface area contributed by atoms with Crippen LogP contribution in [0.1, 0.15) is 12.6 Å². The quantitative estimate of drug-likeness (QED) is 0.383. The summed E-state index contributed by atoms with van der Waals surface area (Å²) in [5.74, 6) is 1.65. The molecule has 32 heavy (non-hydrogen) atoms. The van der Waals surface area contributed by atoms with Crippen LogP contribution < -0.4 is 16.4 Å². The van der Waals surface area contributed by atoms with Crippen LogP contribution in [0.3, 0.4) is 0 Å². The third-order valence-electron chi connectivity index (χ3n) is 6.86. The number of nitrogens with two attached hydrogens (primary N) is 2. The van der Waals surface area contributed by atoms with Crippen LogP contribution in [0, 0.1) is 11.8 Å². The Bertz CT molecular complexity index is 1340. The molecule has 3 atom stereocenters. The van der Waals surface area contributed by atoms with Crippen molar-refractivity contribution < 1.29 is 0 Å². The number of nitrogens with one attached hydrogen (secondary N) is 1. The second kappa shape index (κ2) is 7.28. The van der Waals surface area contributed by atoms with Crippen LogP contribution in [0.15, 0.2) is 40.6 Å². The van der Waals surface area contributed by atoms with Gasteiger partial charge in [-0.25, -0.2) is 9.97 Å². The molecule has 5 N–H and O–H groups in total. The van der Waals surface area contributed by atoms with Gasteiger partial charge >= 0.3 is 0 Å². The predicted octanol–water partition coefficient (Wildman–Crippen LogP) is 2.99. The van der Waals surface area contributed by atoms with Gasteiger partial charge in [0.1, 0.15) is 11.5 Å². The van der Waals surface area contributed by atoms with E-state index in [-0.39, 0.29) is 5.54 Å². The maximum atomic E-state index is 6.74. The summed E-state index contributed by atoms with van der Waals surface area (Å²) < 4.78 is 0. The van der Waals surface area contributed by atoms with Gasteiger partial charge in [0.05, 0.1) is 21.4 Å². The first kappa shape index (κ1) is 20.2. The van der Waals surface area contributed by atoms with E-state index in [1.165, 1.54) is 11.8 Å². The van der Waals surface area contributed by atoms with Crippen molar-refractivity contribution in [3.63, 3.8) is 0 Å². The molecule has 0 aromatic carbocycles. The van der Waals surface area contributed by atoms with Gasteiger partial charge in [-0.3, -0.25) is 9.97 Å². The second-order valence-corrected chi connectivity index (χ2v) is 9.99. The highest BCUT2D eigenvalue weighted by Crippen LogP contribution is 2.54. The molecule has 1 aliphatic heterocycles. The fourth-order valence-corrected chi connectivity index (χ4v) is 6.04. The number of aryl methyl sites for hydroxylation is 1. The van der Waals surface area contributed by atoms with Gasteiger partial charge in [-0.1, -0.05) is 18.5 Å². The van der Waals surface area contributed by atoms with Gasteiger partial charge < -0.3 is 21.4 Å². The topological polar surface area (TPSA) is 123 Å². The third-order valence-corrected chi connectivity index (χ3v) is 8.10. The number of aromatic nitrogens is 5. The van der Waals surface area contributed by atoms with E-state index >= 15 is 0 Å². The number of aromatic amines is 1. The Morgan fingerprint density at radius 3 is 2.81 bits per heavy atom. The summed E-state index contributed by atoms with van der Waals surface area (Å²) in [6.07, 6.45) is 4.39. The molecule has 1 aliphatic carbocycles. The smallest absolute Gasteiger partial charge is 0.196 e. The Labute approximate surface area is 194 Å². The van der Waals surface area contributed by atoms with Gasteiger partial charge in [-0.05, 0) is 36.4 Å². The van der Waals surface area contributed by atoms with E-state index in [1.54, 1.807) is 6.20 Å². The largest absolute Gasteiger partial charge is 0.355 e. The summed E-state index contributed by atoms with van der Waals surface area (Å²) >= 11 is 8.21. The fourth-order valence-electron chi connectivity index (χ4n) is 4.93. The summed E-state index contributed by atoms with van der Waals surface area (Å²) in [6.45, 7) is 4.25. The Morgan fingerprint density at radius 1 is 1.25 bits per heavy atom. The van der Waals surface area contributed by atoms with Crippen molar-refractivity contribution in [3.8, 4) is 0 Å². The van der Waals surface area contributed by atoms with Crippen molar-refractivity contribution in [2.75, 3.05) is 24.5 Å². The number of fused-ring (bicyclic) bond motifs is 3. The van der Waals surface area contributed by atoms with Crippen LogP contribution >= 0.6 is 23.4 Å². The van der Waals surface area contributed by atoms with Crippen LogP contribution in [0.5, 0.6) is 0 Å². The number of hydrogen-bond acceptors (Lipinski definition) is 8. The third kappa shape index (κ3) is 2.99. The van der Waals surface area contributed by atoms with E-state index in [4.69, 9.17) is 33.0 Å². The monoisotopic (exact) mass is 466 g/mol. The summed E-state index contributed by atoms with van der Waals surface area (Å²) in [5.41, 5.74) is 15.6. The number of pyridine rings is 2. The molecule has 8 nitrogen and oxygen atoms in total. The number of anilines is 1. The number of nitrogens with zero attached hydrogens (tertiary/aromatic N) is 5. The normalized spacial score (nSPS) is 24.4. The molecule has 2 aliphatic rings. The fraction of sp³-hybridized carbons (Fsp3) is 0.364. The molecule has 4 aromatic rings. The van der Waals surface area contributed by atoms with E-state index in [9.17, 15) is 0 Å². The SMILES string of the molecule is CCc1[nH]c2nc(Sc3cnc4cccnc4c3)nc(N3C[C@@H]4[C@H](C3)[C@@]4(N)CN)c2c1Cl. The molecule has 164 valence electrons. The van der Waals surface area contributed by atoms with E-state index in [0.717, 1.165) is 58.0 Å². The van der Waals surface area contributed by atoms with Crippen molar-refractivity contribution in [2.24, 2.45) is 23.3 Å². The molecule has 0 unspecified atom stereocenters. The first-order chi connectivity index (χ1) is 15.5. The minimum Gasteiger partial charge on any atom is -0.355 e. The van der Waals surface area contributed by atoms with E-state index in [2.05, 4.69) is 26.8 Å². The maximum absolute atomic E-state index is 6.74. The molecule has 10 heteroatoms. The molecule has 0 radical (unpaired) electrons. The van der Waals surface area contributed by atoms with Gasteiger partial charge in [0.15, 0.2) is 5.16 Å². The lowest BCUT2D eigenvalue weighted by Crippen LogP contribution is -2.43. The summed E-state index contributed by atoms with van der Waals surface area (Å²) in [5, 5.41) is 2.22. The number of rotatable bonds is 5. The van der Waals surface area contributed by atoms with Crippen LogP contribution in [-0.2, 0) is 6.42 Å². The summed E-state index contributed by atoms with van der Waals surface area (Å²) in [7, 11) is 0. The number of piperidine rings is 1. The average molecular weight is 467 g/mol. The Morgan fingerprint density at radius 2 is 2.06 bits per heavy atom. The molecular formula is C22H23ClN8S. The van der Waals surface area contributed by atoms with Crippen LogP contribution in [0.25, 0.3) is 22.1 Å². The molecule has 5 heterocycles. The number of hydrogen-bond donors (Lipinski definition) is 3. The lowest BCUT2D eigenvalue weighted by molar-refractivity contribution is 0.547. The zero-order valence-electron chi connectivity index (χ0n) is 17.5. The molecule has 4 aromatic heterocycles. The highest BCUT2D eigenvalue weighted by molar-refractivity contribution is 7.99. The summed E-state index contributed by atoms with van der Waals surface area (Å²) in [4.78, 5) is 25.2. The molecule has 1 saturated heterocycles. The van der Waals surface area contributed by atoms with E-state index in [0.29, 0.717) is 28.6 Å². The van der Waals surface area contributed by atoms with Gasteiger partial charge in [-0.15, -0.1) is 0 Å². The van der Waals surface area contributed by atoms with Gasteiger partial charge in [0.2, 0.25) is 0 Å². The van der Waals surface area contributed by atoms with Crippen molar-refractivity contribution in [1.82, 2.24) is 24.9 Å². The predicted molar refractivity (Wildman–Crippen MR) is 127 cm³/mol. The Hall–Kier alpha value is -2.46. The zero-order chi connectivity index (χ0) is 22.0. The first-order valence-corrected chi connectivity index (χ1v) is 11.9. The number of H-pyrrole nitrogens is 1. The Kier molecular flexibility index (Phi) is 4.59. The molecular weight excluding hydrogens is 444 g/mol. The highest BCUT2D eigenvalue weighted by Gasteiger charge is 2.65. The lowest BCUT2D eigenvalue weighted by atomic mass is 10.1. The molecule has 0 amide bonds. The lowest BCUT2D eigenvalue weighted by Gasteiger charge is -2.25. The van der Waals surface area contributed by atoms with Crippen LogP contribution in [0.4, 0.5) is 5.82 Å². The minimum absolute atomic E-state index is 0.236. The first-order valence-electron chi connectivity index (χ1n) is 10.7. The standard InChI is InChI=1S/C22H23ClN8S/c1-2-14-18(23)17-19(28-14)29-21(32-11-6-16-15(27-7-11)4-3-5-26-16)30-20(17)31-8-12-13(9-31)22(12,25)10-24/h3-7,12-13H,2,8-10,24-25H2,1H3,(H,28,29,30)/t12-,13+,22-. The highest BCUT2D eigenvalue weighted by atomic mass is 35.5. The van der Waals surface area contributed by atoms with E-state index < -0.39 is 0 Å². The van der Waals surface area contributed by atoms with Gasteiger partial charge in [-0.2, -0.15) is 0 Å². The molecule has 6 rings (SSSR count). The number of halogens is 1. The van der Waals surface area contributed by atoms with Crippen molar-refractivity contribution in [2.45, 2.75) is 28.9 Å². The molecule has 1 saturated carbocycles. The zero-order valence-corrected chi connectivity index (χ0v) is 19.1. The second-order valence-electron chi connectivity index (χ2n) is 8.57. The average Bonchev–Trinajstić information content (AvgIpc) is 3.14. The van der Waals surface area contributed by atoms with E-state index in [1.807, 2.05) is 24.4 Å². The molecule has 2 fully saturated rings. The van der Waals surface area contributed by atoms with Crippen molar-refractivity contribution in [1.29, 1.82) is 0 Å². The van der Waals surface area contributed by atoms with Crippen LogP contribution in [0.2, 0.25) is 5.02 Å². The minimum atomic E-state index is -0.236. The molecule has 0 spiro atoms. The van der Waals surface area contributed by atoms with Crippen molar-refractivity contribution in [3.05, 3.63) is 41.3 Å². The van der Waals surface area contributed by atoms with Crippen molar-refractivity contribution >= 4 is 51.2 Å².